The van der Waals surface area contributed by atoms with Gasteiger partial charge in [-0.1, -0.05) is 13.8 Å². The van der Waals surface area contributed by atoms with Crippen molar-refractivity contribution in [2.24, 2.45) is 5.92 Å². The molecule has 21 heavy (non-hydrogen) atoms. The topological polar surface area (TPSA) is 54.3 Å². The standard InChI is InChI=1S/C15H29N3O2S/c1-7-17-11-15(8-14(17)9-16-6)21(19,20)18(13(4)5)10-12(2)3/h8,11-13,16H,7,9-10H2,1-6H3. The highest BCUT2D eigenvalue weighted by atomic mass is 32.2. The highest BCUT2D eigenvalue weighted by molar-refractivity contribution is 7.89. The second-order valence-corrected chi connectivity index (χ2v) is 7.94. The maximum Gasteiger partial charge on any atom is 0.244 e. The van der Waals surface area contributed by atoms with E-state index < -0.39 is 10.0 Å². The van der Waals surface area contributed by atoms with Gasteiger partial charge in [0.25, 0.3) is 0 Å². The third kappa shape index (κ3) is 4.31. The van der Waals surface area contributed by atoms with Crippen molar-refractivity contribution in [2.45, 2.75) is 58.6 Å². The van der Waals surface area contributed by atoms with Gasteiger partial charge in [-0.05, 0) is 39.8 Å². The van der Waals surface area contributed by atoms with Gasteiger partial charge in [-0.3, -0.25) is 0 Å². The van der Waals surface area contributed by atoms with Crippen LogP contribution >= 0.6 is 0 Å². The Labute approximate surface area is 129 Å². The van der Waals surface area contributed by atoms with Crippen molar-refractivity contribution in [1.82, 2.24) is 14.2 Å². The molecule has 0 fully saturated rings. The molecule has 1 aromatic heterocycles. The van der Waals surface area contributed by atoms with Crippen LogP contribution in [0.25, 0.3) is 0 Å². The first-order chi connectivity index (χ1) is 9.73. The molecule has 1 aromatic rings. The molecular formula is C15H29N3O2S. The van der Waals surface area contributed by atoms with Crippen LogP contribution in [0.15, 0.2) is 17.2 Å². The average Bonchev–Trinajstić information content (AvgIpc) is 2.79. The van der Waals surface area contributed by atoms with Crippen molar-refractivity contribution >= 4 is 10.0 Å². The SMILES string of the molecule is CCn1cc(S(=O)(=O)N(CC(C)C)C(C)C)cc1CNC. The quantitative estimate of drug-likeness (QED) is 0.801. The van der Waals surface area contributed by atoms with Gasteiger partial charge in [-0.25, -0.2) is 8.42 Å². The molecule has 0 unspecified atom stereocenters. The molecule has 5 nitrogen and oxygen atoms in total. The van der Waals surface area contributed by atoms with Gasteiger partial charge in [0.1, 0.15) is 4.90 Å². The second kappa shape index (κ2) is 7.42. The summed E-state index contributed by atoms with van der Waals surface area (Å²) in [5.74, 6) is 0.298. The van der Waals surface area contributed by atoms with Crippen LogP contribution in [-0.4, -0.2) is 36.9 Å². The van der Waals surface area contributed by atoms with Gasteiger partial charge in [-0.15, -0.1) is 0 Å². The lowest BCUT2D eigenvalue weighted by atomic mass is 10.2. The van der Waals surface area contributed by atoms with Crippen LogP contribution in [0.5, 0.6) is 0 Å². The number of rotatable bonds is 8. The molecule has 0 aliphatic heterocycles. The summed E-state index contributed by atoms with van der Waals surface area (Å²) < 4.78 is 29.4. The number of aryl methyl sites for hydroxylation is 1. The van der Waals surface area contributed by atoms with E-state index in [1.54, 1.807) is 16.6 Å². The van der Waals surface area contributed by atoms with E-state index in [9.17, 15) is 8.42 Å². The van der Waals surface area contributed by atoms with Crippen LogP contribution in [0.2, 0.25) is 0 Å². The minimum absolute atomic E-state index is 0.0462. The average molecular weight is 315 g/mol. The molecule has 0 atom stereocenters. The lowest BCUT2D eigenvalue weighted by Gasteiger charge is -2.27. The Hall–Kier alpha value is -0.850. The van der Waals surface area contributed by atoms with Crippen LogP contribution in [0.4, 0.5) is 0 Å². The molecule has 1 N–H and O–H groups in total. The van der Waals surface area contributed by atoms with Crippen LogP contribution in [0.1, 0.15) is 40.3 Å². The highest BCUT2D eigenvalue weighted by Crippen LogP contribution is 2.22. The fourth-order valence-corrected chi connectivity index (χ4v) is 4.24. The predicted octanol–water partition coefficient (Wildman–Crippen LogP) is 2.28. The van der Waals surface area contributed by atoms with Gasteiger partial charge in [0.2, 0.25) is 10.0 Å². The first kappa shape index (κ1) is 18.2. The maximum absolute atomic E-state index is 12.9. The second-order valence-electron chi connectivity index (χ2n) is 6.05. The Morgan fingerprint density at radius 1 is 1.29 bits per heavy atom. The fraction of sp³-hybridized carbons (Fsp3) is 0.733. The summed E-state index contributed by atoms with van der Waals surface area (Å²) in [4.78, 5) is 0.393. The van der Waals surface area contributed by atoms with Crippen LogP contribution in [0, 0.1) is 5.92 Å². The molecule has 0 bridgehead atoms. The smallest absolute Gasteiger partial charge is 0.244 e. The van der Waals surface area contributed by atoms with E-state index in [1.165, 1.54) is 0 Å². The summed E-state index contributed by atoms with van der Waals surface area (Å²) in [6.07, 6.45) is 1.75. The van der Waals surface area contributed by atoms with E-state index in [4.69, 9.17) is 0 Å². The molecule has 1 heterocycles. The third-order valence-electron chi connectivity index (χ3n) is 3.39. The number of hydrogen-bond donors (Lipinski definition) is 1. The first-order valence-electron chi connectivity index (χ1n) is 7.59. The summed E-state index contributed by atoms with van der Waals surface area (Å²) in [7, 11) is -1.58. The number of nitrogens with one attached hydrogen (secondary N) is 1. The summed E-state index contributed by atoms with van der Waals surface area (Å²) >= 11 is 0. The van der Waals surface area contributed by atoms with Crippen molar-refractivity contribution in [3.8, 4) is 0 Å². The van der Waals surface area contributed by atoms with Gasteiger partial charge in [0.05, 0.1) is 0 Å². The number of hydrogen-bond acceptors (Lipinski definition) is 3. The van der Waals surface area contributed by atoms with Crippen LogP contribution in [-0.2, 0) is 23.1 Å². The molecule has 0 aliphatic carbocycles. The normalized spacial score (nSPS) is 12.8. The zero-order valence-electron chi connectivity index (χ0n) is 14.0. The zero-order chi connectivity index (χ0) is 16.2. The molecule has 6 heteroatoms. The van der Waals surface area contributed by atoms with Crippen molar-refractivity contribution in [2.75, 3.05) is 13.6 Å². The van der Waals surface area contributed by atoms with Gasteiger partial charge < -0.3 is 9.88 Å². The molecule has 0 saturated carbocycles. The molecule has 0 amide bonds. The lowest BCUT2D eigenvalue weighted by Crippen LogP contribution is -2.39. The molecule has 122 valence electrons. The molecule has 0 aliphatic rings. The largest absolute Gasteiger partial charge is 0.349 e. The van der Waals surface area contributed by atoms with E-state index in [2.05, 4.69) is 5.32 Å². The van der Waals surface area contributed by atoms with E-state index in [0.717, 1.165) is 12.2 Å². The maximum atomic E-state index is 12.9. The van der Waals surface area contributed by atoms with E-state index >= 15 is 0 Å². The van der Waals surface area contributed by atoms with Crippen molar-refractivity contribution in [3.63, 3.8) is 0 Å². The molecule has 0 aromatic carbocycles. The van der Waals surface area contributed by atoms with Gasteiger partial charge in [0, 0.05) is 37.6 Å². The Morgan fingerprint density at radius 3 is 2.33 bits per heavy atom. The first-order valence-corrected chi connectivity index (χ1v) is 9.03. The summed E-state index contributed by atoms with van der Waals surface area (Å²) in [5, 5.41) is 3.08. The molecule has 0 saturated heterocycles. The van der Waals surface area contributed by atoms with E-state index in [1.807, 2.05) is 46.2 Å². The summed E-state index contributed by atoms with van der Waals surface area (Å²) in [6.45, 7) is 11.9. The summed E-state index contributed by atoms with van der Waals surface area (Å²) in [5.41, 5.74) is 0.992. The minimum Gasteiger partial charge on any atom is -0.349 e. The van der Waals surface area contributed by atoms with Crippen LogP contribution in [0.3, 0.4) is 0 Å². The van der Waals surface area contributed by atoms with E-state index in [-0.39, 0.29) is 6.04 Å². The molecule has 0 spiro atoms. The minimum atomic E-state index is -3.44. The van der Waals surface area contributed by atoms with Crippen molar-refractivity contribution in [3.05, 3.63) is 18.0 Å². The third-order valence-corrected chi connectivity index (χ3v) is 5.39. The number of sulfonamides is 1. The Balaban J connectivity index is 3.21. The lowest BCUT2D eigenvalue weighted by molar-refractivity contribution is 0.319. The zero-order valence-corrected chi connectivity index (χ0v) is 14.9. The monoisotopic (exact) mass is 315 g/mol. The predicted molar refractivity (Wildman–Crippen MR) is 86.7 cm³/mol. The van der Waals surface area contributed by atoms with Gasteiger partial charge in [0.15, 0.2) is 0 Å². The summed E-state index contributed by atoms with van der Waals surface area (Å²) in [6, 6.07) is 1.74. The Morgan fingerprint density at radius 2 is 1.90 bits per heavy atom. The number of aromatic nitrogens is 1. The van der Waals surface area contributed by atoms with Crippen LogP contribution < -0.4 is 5.32 Å². The molecule has 1 rings (SSSR count). The fourth-order valence-electron chi connectivity index (χ4n) is 2.37. The van der Waals surface area contributed by atoms with Gasteiger partial charge >= 0.3 is 0 Å². The Kier molecular flexibility index (Phi) is 6.43. The molecular weight excluding hydrogens is 286 g/mol. The highest BCUT2D eigenvalue weighted by Gasteiger charge is 2.29. The van der Waals surface area contributed by atoms with E-state index in [0.29, 0.717) is 23.9 Å². The number of nitrogens with zero attached hydrogens (tertiary/aromatic N) is 2. The molecule has 0 radical (unpaired) electrons. The van der Waals surface area contributed by atoms with Gasteiger partial charge in [-0.2, -0.15) is 4.31 Å². The van der Waals surface area contributed by atoms with Crippen molar-refractivity contribution < 1.29 is 8.42 Å². The Bertz CT molecular complexity index is 547. The van der Waals surface area contributed by atoms with Crippen molar-refractivity contribution in [1.29, 1.82) is 0 Å².